The number of likely N-dealkylation sites (tertiary alicyclic amines) is 1. The summed E-state index contributed by atoms with van der Waals surface area (Å²) in [5, 5.41) is 9.95. The smallest absolute Gasteiger partial charge is 0.229 e. The molecule has 20 heavy (non-hydrogen) atoms. The molecule has 2 heterocycles. The molecule has 108 valence electrons. The summed E-state index contributed by atoms with van der Waals surface area (Å²) in [6, 6.07) is 7.91. The van der Waals surface area contributed by atoms with Crippen molar-refractivity contribution in [3.05, 3.63) is 29.8 Å². The summed E-state index contributed by atoms with van der Waals surface area (Å²) in [7, 11) is 0. The molecule has 1 fully saturated rings. The number of carbonyl (C=O) groups is 1. The van der Waals surface area contributed by atoms with Gasteiger partial charge in [0, 0.05) is 13.1 Å². The number of ether oxygens (including phenoxy) is 1. The number of para-hydroxylation sites is 1. The molecule has 1 aromatic carbocycles. The minimum absolute atomic E-state index is 0.0899. The molecular weight excluding hydrogens is 254 g/mol. The summed E-state index contributed by atoms with van der Waals surface area (Å²) in [5.41, 5.74) is 0.494. The van der Waals surface area contributed by atoms with Crippen LogP contribution >= 0.6 is 0 Å². The van der Waals surface area contributed by atoms with Gasteiger partial charge in [0.25, 0.3) is 0 Å². The lowest BCUT2D eigenvalue weighted by Crippen LogP contribution is -2.48. The topological polar surface area (TPSA) is 49.8 Å². The molecule has 0 aliphatic carbocycles. The Balaban J connectivity index is 1.65. The molecule has 0 spiro atoms. The van der Waals surface area contributed by atoms with Crippen molar-refractivity contribution >= 4 is 5.91 Å². The highest BCUT2D eigenvalue weighted by molar-refractivity contribution is 5.80. The maximum Gasteiger partial charge on any atom is 0.229 e. The number of benzene rings is 1. The summed E-state index contributed by atoms with van der Waals surface area (Å²) < 4.78 is 5.69. The summed E-state index contributed by atoms with van der Waals surface area (Å²) in [5.74, 6) is 0.973. The van der Waals surface area contributed by atoms with E-state index < -0.39 is 5.60 Å². The zero-order valence-electron chi connectivity index (χ0n) is 11.8. The zero-order chi connectivity index (χ0) is 14.2. The Labute approximate surface area is 119 Å². The van der Waals surface area contributed by atoms with Crippen molar-refractivity contribution in [1.82, 2.24) is 4.90 Å². The average molecular weight is 275 g/mol. The lowest BCUT2D eigenvalue weighted by atomic mass is 9.91. The van der Waals surface area contributed by atoms with E-state index in [-0.39, 0.29) is 11.8 Å². The second-order valence-electron chi connectivity index (χ2n) is 6.14. The minimum atomic E-state index is -0.619. The van der Waals surface area contributed by atoms with Crippen LogP contribution in [0.2, 0.25) is 0 Å². The second kappa shape index (κ2) is 5.09. The number of nitrogens with zero attached hydrogens (tertiary/aromatic N) is 1. The molecule has 3 rings (SSSR count). The van der Waals surface area contributed by atoms with Crippen LogP contribution in [0.25, 0.3) is 0 Å². The fourth-order valence-corrected chi connectivity index (χ4v) is 2.95. The van der Waals surface area contributed by atoms with Gasteiger partial charge in [-0.15, -0.1) is 0 Å². The highest BCUT2D eigenvalue weighted by atomic mass is 16.5. The SMILES string of the molecule is CC1(O)CCN(C(=O)C2COc3ccccc3C2)CC1. The molecular formula is C16H21NO3. The molecule has 4 heteroatoms. The highest BCUT2D eigenvalue weighted by Crippen LogP contribution is 2.29. The van der Waals surface area contributed by atoms with Crippen LogP contribution < -0.4 is 4.74 Å². The monoisotopic (exact) mass is 275 g/mol. The van der Waals surface area contributed by atoms with Crippen LogP contribution in [0.4, 0.5) is 0 Å². The maximum absolute atomic E-state index is 12.5. The van der Waals surface area contributed by atoms with Gasteiger partial charge in [0.1, 0.15) is 12.4 Å². The van der Waals surface area contributed by atoms with E-state index in [1.807, 2.05) is 36.1 Å². The number of aliphatic hydroxyl groups is 1. The van der Waals surface area contributed by atoms with Gasteiger partial charge in [-0.05, 0) is 37.8 Å². The predicted molar refractivity (Wildman–Crippen MR) is 75.6 cm³/mol. The number of carbonyl (C=O) groups excluding carboxylic acids is 1. The van der Waals surface area contributed by atoms with E-state index >= 15 is 0 Å². The number of rotatable bonds is 1. The van der Waals surface area contributed by atoms with Crippen molar-refractivity contribution in [3.63, 3.8) is 0 Å². The predicted octanol–water partition coefficient (Wildman–Crippen LogP) is 1.61. The van der Waals surface area contributed by atoms with E-state index in [0.717, 1.165) is 17.7 Å². The normalized spacial score (nSPS) is 24.7. The second-order valence-corrected chi connectivity index (χ2v) is 6.14. The lowest BCUT2D eigenvalue weighted by Gasteiger charge is -2.38. The van der Waals surface area contributed by atoms with Gasteiger partial charge in [-0.3, -0.25) is 4.79 Å². The third kappa shape index (κ3) is 2.66. The average Bonchev–Trinajstić information content (AvgIpc) is 2.46. The Hall–Kier alpha value is -1.55. The van der Waals surface area contributed by atoms with E-state index in [1.165, 1.54) is 0 Å². The Kier molecular flexibility index (Phi) is 3.42. The van der Waals surface area contributed by atoms with Gasteiger partial charge in [0.05, 0.1) is 11.5 Å². The van der Waals surface area contributed by atoms with Gasteiger partial charge in [0.2, 0.25) is 5.91 Å². The van der Waals surface area contributed by atoms with E-state index in [0.29, 0.717) is 32.5 Å². The molecule has 2 aliphatic rings. The lowest BCUT2D eigenvalue weighted by molar-refractivity contribution is -0.140. The largest absolute Gasteiger partial charge is 0.492 e. The van der Waals surface area contributed by atoms with E-state index in [2.05, 4.69) is 0 Å². The van der Waals surface area contributed by atoms with Gasteiger partial charge in [0.15, 0.2) is 0 Å². The first-order valence-corrected chi connectivity index (χ1v) is 7.27. The van der Waals surface area contributed by atoms with Crippen LogP contribution in [-0.2, 0) is 11.2 Å². The Morgan fingerprint density at radius 3 is 2.80 bits per heavy atom. The van der Waals surface area contributed by atoms with Crippen molar-refractivity contribution in [2.24, 2.45) is 5.92 Å². The number of amides is 1. The summed E-state index contributed by atoms with van der Waals surface area (Å²) >= 11 is 0. The van der Waals surface area contributed by atoms with Gasteiger partial charge in [-0.1, -0.05) is 18.2 Å². The van der Waals surface area contributed by atoms with Crippen LogP contribution in [0.5, 0.6) is 5.75 Å². The molecule has 0 radical (unpaired) electrons. The standard InChI is InChI=1S/C16H21NO3/c1-16(19)6-8-17(9-7-16)15(18)13-10-12-4-2-3-5-14(12)20-11-13/h2-5,13,19H,6-11H2,1H3. The first kappa shape index (κ1) is 13.4. The van der Waals surface area contributed by atoms with Crippen molar-refractivity contribution in [3.8, 4) is 5.75 Å². The third-order valence-electron chi connectivity index (χ3n) is 4.38. The van der Waals surface area contributed by atoms with Gasteiger partial charge in [-0.2, -0.15) is 0 Å². The van der Waals surface area contributed by atoms with Crippen LogP contribution in [0.3, 0.4) is 0 Å². The molecule has 1 N–H and O–H groups in total. The number of fused-ring (bicyclic) bond motifs is 1. The molecule has 1 atom stereocenters. The molecule has 1 amide bonds. The Morgan fingerprint density at radius 2 is 2.05 bits per heavy atom. The summed E-state index contributed by atoms with van der Waals surface area (Å²) in [4.78, 5) is 14.4. The number of hydrogen-bond acceptors (Lipinski definition) is 3. The minimum Gasteiger partial charge on any atom is -0.492 e. The first-order valence-electron chi connectivity index (χ1n) is 7.27. The van der Waals surface area contributed by atoms with Crippen molar-refractivity contribution in [1.29, 1.82) is 0 Å². The summed E-state index contributed by atoms with van der Waals surface area (Å²) in [6.07, 6.45) is 2.06. The van der Waals surface area contributed by atoms with Gasteiger partial charge >= 0.3 is 0 Å². The number of piperidine rings is 1. The molecule has 4 nitrogen and oxygen atoms in total. The van der Waals surface area contributed by atoms with E-state index in [4.69, 9.17) is 4.74 Å². The maximum atomic E-state index is 12.5. The summed E-state index contributed by atoms with van der Waals surface area (Å²) in [6.45, 7) is 3.59. The van der Waals surface area contributed by atoms with Crippen molar-refractivity contribution in [2.75, 3.05) is 19.7 Å². The molecule has 0 aromatic heterocycles. The van der Waals surface area contributed by atoms with E-state index in [9.17, 15) is 9.90 Å². The zero-order valence-corrected chi connectivity index (χ0v) is 11.8. The molecule has 1 saturated heterocycles. The van der Waals surface area contributed by atoms with Crippen molar-refractivity contribution < 1.29 is 14.6 Å². The first-order chi connectivity index (χ1) is 9.55. The fourth-order valence-electron chi connectivity index (χ4n) is 2.95. The van der Waals surface area contributed by atoms with Crippen LogP contribution in [0, 0.1) is 5.92 Å². The highest BCUT2D eigenvalue weighted by Gasteiger charge is 2.34. The molecule has 1 unspecified atom stereocenters. The molecule has 0 bridgehead atoms. The number of hydrogen-bond donors (Lipinski definition) is 1. The molecule has 0 saturated carbocycles. The van der Waals surface area contributed by atoms with Crippen LogP contribution in [0.1, 0.15) is 25.3 Å². The molecule has 2 aliphatic heterocycles. The molecule has 1 aromatic rings. The Morgan fingerprint density at radius 1 is 1.35 bits per heavy atom. The quantitative estimate of drug-likeness (QED) is 0.847. The van der Waals surface area contributed by atoms with Crippen LogP contribution in [0.15, 0.2) is 24.3 Å². The fraction of sp³-hybridized carbons (Fsp3) is 0.562. The van der Waals surface area contributed by atoms with Gasteiger partial charge in [-0.25, -0.2) is 0 Å². The Bertz CT molecular complexity index is 502. The third-order valence-corrected chi connectivity index (χ3v) is 4.38. The van der Waals surface area contributed by atoms with E-state index in [1.54, 1.807) is 0 Å². The van der Waals surface area contributed by atoms with Crippen LogP contribution in [-0.4, -0.2) is 41.2 Å². The van der Waals surface area contributed by atoms with Gasteiger partial charge < -0.3 is 14.7 Å². The van der Waals surface area contributed by atoms with Crippen molar-refractivity contribution in [2.45, 2.75) is 31.8 Å².